The van der Waals surface area contributed by atoms with Crippen molar-refractivity contribution >= 4 is 0 Å². The van der Waals surface area contributed by atoms with Crippen LogP contribution in [0.15, 0.2) is 29.0 Å². The van der Waals surface area contributed by atoms with Crippen molar-refractivity contribution in [1.82, 2.24) is 15.2 Å². The molecule has 0 amide bonds. The van der Waals surface area contributed by atoms with Gasteiger partial charge in [-0.15, -0.1) is 0 Å². The van der Waals surface area contributed by atoms with E-state index in [4.69, 9.17) is 13.9 Å². The van der Waals surface area contributed by atoms with Crippen LogP contribution < -0.4 is 5.32 Å². The summed E-state index contributed by atoms with van der Waals surface area (Å²) in [6.45, 7) is 0.959. The van der Waals surface area contributed by atoms with Crippen LogP contribution in [0.2, 0.25) is 0 Å². The molecule has 0 atom stereocenters. The number of aromatic nitrogens is 1. The summed E-state index contributed by atoms with van der Waals surface area (Å²) in [7, 11) is 3.06. The molecular formula is C11H16N4O5. The summed E-state index contributed by atoms with van der Waals surface area (Å²) in [6, 6.07) is 0. The second kappa shape index (κ2) is 5.88. The Morgan fingerprint density at radius 2 is 2.40 bits per heavy atom. The average Bonchev–Trinajstić information content (AvgIpc) is 2.93. The van der Waals surface area contributed by atoms with Gasteiger partial charge in [-0.3, -0.25) is 10.1 Å². The number of oxazole rings is 1. The Bertz CT molecular complexity index is 483. The third-order valence-corrected chi connectivity index (χ3v) is 3.11. The minimum atomic E-state index is -0.867. The van der Waals surface area contributed by atoms with Crippen molar-refractivity contribution in [3.8, 4) is 0 Å². The zero-order valence-corrected chi connectivity index (χ0v) is 11.2. The fourth-order valence-corrected chi connectivity index (χ4v) is 2.00. The lowest BCUT2D eigenvalue weighted by Gasteiger charge is -2.42. The maximum Gasteiger partial charge on any atom is 0.274 e. The normalized spacial score (nSPS) is 19.9. The Hall–Kier alpha value is -2.13. The van der Waals surface area contributed by atoms with Gasteiger partial charge in [-0.2, -0.15) is 0 Å². The molecule has 2 rings (SSSR count). The van der Waals surface area contributed by atoms with Gasteiger partial charge in [0.25, 0.3) is 6.20 Å². The van der Waals surface area contributed by atoms with E-state index in [0.29, 0.717) is 31.2 Å². The highest BCUT2D eigenvalue weighted by Crippen LogP contribution is 2.22. The van der Waals surface area contributed by atoms with E-state index in [1.54, 1.807) is 11.1 Å². The number of ether oxygens (including phenoxy) is 2. The van der Waals surface area contributed by atoms with Gasteiger partial charge in [-0.25, -0.2) is 4.98 Å². The van der Waals surface area contributed by atoms with Crippen molar-refractivity contribution in [2.45, 2.75) is 12.3 Å². The Balaban J connectivity index is 2.20. The van der Waals surface area contributed by atoms with Gasteiger partial charge in [0.1, 0.15) is 5.76 Å². The summed E-state index contributed by atoms with van der Waals surface area (Å²) in [5, 5.41) is 13.6. The smallest absolute Gasteiger partial charge is 0.274 e. The molecule has 110 valence electrons. The van der Waals surface area contributed by atoms with E-state index >= 15 is 0 Å². The standard InChI is InChI=1S/C11H16N4O5/c1-18-11(19-2)6-13-10(5-15(16)17)14(7-11)4-9-3-12-8-20-9/h3,5,8,13H,4,6-7H2,1-2H3. The first-order valence-electron chi connectivity index (χ1n) is 5.90. The van der Waals surface area contributed by atoms with E-state index < -0.39 is 10.7 Å². The maximum absolute atomic E-state index is 10.7. The highest BCUT2D eigenvalue weighted by molar-refractivity contribution is 5.05. The summed E-state index contributed by atoms with van der Waals surface area (Å²) in [5.41, 5.74) is 0. The van der Waals surface area contributed by atoms with Crippen LogP contribution in [0.3, 0.4) is 0 Å². The third-order valence-electron chi connectivity index (χ3n) is 3.11. The average molecular weight is 284 g/mol. The number of nitrogens with one attached hydrogen (secondary N) is 1. The molecule has 2 heterocycles. The van der Waals surface area contributed by atoms with Gasteiger partial charge in [0.2, 0.25) is 5.79 Å². The molecule has 1 fully saturated rings. The van der Waals surface area contributed by atoms with Crippen LogP contribution in [0.1, 0.15) is 5.76 Å². The first-order valence-corrected chi connectivity index (χ1v) is 5.90. The quantitative estimate of drug-likeness (QED) is 0.463. The molecule has 0 spiro atoms. The van der Waals surface area contributed by atoms with E-state index in [1.165, 1.54) is 20.6 Å². The van der Waals surface area contributed by atoms with Gasteiger partial charge in [0.05, 0.1) is 30.8 Å². The lowest BCUT2D eigenvalue weighted by molar-refractivity contribution is -0.405. The van der Waals surface area contributed by atoms with Crippen molar-refractivity contribution in [1.29, 1.82) is 0 Å². The minimum absolute atomic E-state index is 0.312. The van der Waals surface area contributed by atoms with E-state index in [1.807, 2.05) is 0 Å². The summed E-state index contributed by atoms with van der Waals surface area (Å²) in [5.74, 6) is 0.0914. The molecule has 9 heteroatoms. The lowest BCUT2D eigenvalue weighted by atomic mass is 10.2. The Morgan fingerprint density at radius 1 is 1.65 bits per heavy atom. The van der Waals surface area contributed by atoms with E-state index in [2.05, 4.69) is 10.3 Å². The number of nitrogens with zero attached hydrogens (tertiary/aromatic N) is 3. The molecule has 0 bridgehead atoms. The van der Waals surface area contributed by atoms with Gasteiger partial charge in [0.15, 0.2) is 12.2 Å². The van der Waals surface area contributed by atoms with Gasteiger partial charge in [-0.05, 0) is 0 Å². The fourth-order valence-electron chi connectivity index (χ4n) is 2.00. The maximum atomic E-state index is 10.7. The van der Waals surface area contributed by atoms with Crippen LogP contribution in [0, 0.1) is 10.1 Å². The van der Waals surface area contributed by atoms with Crippen LogP contribution in [-0.2, 0) is 16.0 Å². The van der Waals surface area contributed by atoms with Gasteiger partial charge >= 0.3 is 0 Å². The van der Waals surface area contributed by atoms with Crippen molar-refractivity contribution in [3.05, 3.63) is 40.5 Å². The molecule has 0 aliphatic carbocycles. The van der Waals surface area contributed by atoms with Gasteiger partial charge in [0, 0.05) is 14.2 Å². The van der Waals surface area contributed by atoms with Crippen LogP contribution >= 0.6 is 0 Å². The summed E-state index contributed by atoms with van der Waals surface area (Å²) < 4.78 is 15.9. The number of nitro groups is 1. The SMILES string of the molecule is COC1(OC)CNC(=C[N+](=O)[O-])N(Cc2cnco2)C1. The fraction of sp³-hybridized carbons (Fsp3) is 0.545. The Morgan fingerprint density at radius 3 is 2.95 bits per heavy atom. The van der Waals surface area contributed by atoms with E-state index in [9.17, 15) is 10.1 Å². The Labute approximate surface area is 115 Å². The van der Waals surface area contributed by atoms with Gasteiger partial charge in [-0.1, -0.05) is 0 Å². The van der Waals surface area contributed by atoms with Crippen LogP contribution in [0.5, 0.6) is 0 Å². The molecule has 0 aromatic carbocycles. The number of methoxy groups -OCH3 is 2. The predicted octanol–water partition coefficient (Wildman–Crippen LogP) is 0.145. The molecule has 9 nitrogen and oxygen atoms in total. The van der Waals surface area contributed by atoms with Gasteiger partial charge < -0.3 is 24.1 Å². The molecule has 20 heavy (non-hydrogen) atoms. The summed E-state index contributed by atoms with van der Waals surface area (Å²) in [4.78, 5) is 15.7. The number of rotatable bonds is 5. The first-order chi connectivity index (χ1) is 9.58. The monoisotopic (exact) mass is 284 g/mol. The molecule has 1 N–H and O–H groups in total. The second-order valence-corrected chi connectivity index (χ2v) is 4.30. The molecule has 0 radical (unpaired) electrons. The molecule has 1 aromatic rings. The second-order valence-electron chi connectivity index (χ2n) is 4.30. The van der Waals surface area contributed by atoms with E-state index in [-0.39, 0.29) is 0 Å². The van der Waals surface area contributed by atoms with Crippen LogP contribution in [0.4, 0.5) is 0 Å². The zero-order chi connectivity index (χ0) is 14.6. The van der Waals surface area contributed by atoms with Crippen molar-refractivity contribution in [2.75, 3.05) is 27.3 Å². The third kappa shape index (κ3) is 3.06. The topological polar surface area (TPSA) is 103 Å². The van der Waals surface area contributed by atoms with Crippen molar-refractivity contribution in [2.24, 2.45) is 0 Å². The Kier molecular flexibility index (Phi) is 4.20. The molecule has 1 aliphatic heterocycles. The number of hydrogen-bond donors (Lipinski definition) is 1. The first kappa shape index (κ1) is 14.3. The molecule has 1 saturated heterocycles. The largest absolute Gasteiger partial charge is 0.447 e. The molecule has 0 unspecified atom stereocenters. The van der Waals surface area contributed by atoms with Crippen LogP contribution in [0.25, 0.3) is 0 Å². The highest BCUT2D eigenvalue weighted by atomic mass is 16.7. The lowest BCUT2D eigenvalue weighted by Crippen LogP contribution is -2.58. The van der Waals surface area contributed by atoms with Crippen LogP contribution in [-0.4, -0.2) is 47.9 Å². The zero-order valence-electron chi connectivity index (χ0n) is 11.2. The molecular weight excluding hydrogens is 268 g/mol. The number of hydrogen-bond acceptors (Lipinski definition) is 8. The molecule has 1 aromatic heterocycles. The van der Waals surface area contributed by atoms with Crippen molar-refractivity contribution < 1.29 is 18.8 Å². The minimum Gasteiger partial charge on any atom is -0.447 e. The predicted molar refractivity (Wildman–Crippen MR) is 66.7 cm³/mol. The summed E-state index contributed by atoms with van der Waals surface area (Å²) >= 11 is 0. The van der Waals surface area contributed by atoms with Crippen molar-refractivity contribution in [3.63, 3.8) is 0 Å². The molecule has 0 saturated carbocycles. The summed E-state index contributed by atoms with van der Waals surface area (Å²) in [6.07, 6.45) is 3.77. The van der Waals surface area contributed by atoms with E-state index in [0.717, 1.165) is 6.20 Å². The highest BCUT2D eigenvalue weighted by Gasteiger charge is 2.38. The molecule has 1 aliphatic rings.